The molecule has 1 aromatic heterocycles. The first-order valence-corrected chi connectivity index (χ1v) is 10.7. The number of ether oxygens (including phenoxy) is 1. The quantitative estimate of drug-likeness (QED) is 0.524. The Balaban J connectivity index is 2.34. The minimum atomic E-state index is -0.373. The van der Waals surface area contributed by atoms with Crippen molar-refractivity contribution in [2.75, 3.05) is 6.61 Å². The number of Topliss-reactive ketones (excluding diaryl/α,β-unsaturated/α-hetero) is 1. The van der Waals surface area contributed by atoms with Crippen molar-refractivity contribution < 1.29 is 9.53 Å². The van der Waals surface area contributed by atoms with E-state index < -0.39 is 0 Å². The minimum absolute atomic E-state index is 0.0359. The largest absolute Gasteiger partial charge is 0.486 e. The Hall–Kier alpha value is -1.61. The van der Waals surface area contributed by atoms with Gasteiger partial charge in [0.2, 0.25) is 0 Å². The SMILES string of the molecule is CCC(CC)(c1ccc(OCC(=O)C(C)(C)C)c(C)c1)c1cc(C)c(C)s1. The summed E-state index contributed by atoms with van der Waals surface area (Å²) in [5.74, 6) is 0.919. The van der Waals surface area contributed by atoms with Crippen LogP contribution in [0.1, 0.15) is 73.9 Å². The van der Waals surface area contributed by atoms with Gasteiger partial charge in [0.25, 0.3) is 0 Å². The molecule has 27 heavy (non-hydrogen) atoms. The molecule has 2 aromatic rings. The second kappa shape index (κ2) is 8.18. The van der Waals surface area contributed by atoms with Crippen molar-refractivity contribution in [2.24, 2.45) is 5.41 Å². The molecule has 0 aliphatic heterocycles. The van der Waals surface area contributed by atoms with Gasteiger partial charge >= 0.3 is 0 Å². The third-order valence-electron chi connectivity index (χ3n) is 5.77. The monoisotopic (exact) mass is 386 g/mol. The average molecular weight is 387 g/mol. The lowest BCUT2D eigenvalue weighted by molar-refractivity contribution is -0.128. The maximum Gasteiger partial charge on any atom is 0.175 e. The number of aryl methyl sites for hydroxylation is 3. The Bertz CT molecular complexity index is 785. The fourth-order valence-electron chi connectivity index (χ4n) is 3.43. The van der Waals surface area contributed by atoms with E-state index in [0.29, 0.717) is 0 Å². The predicted molar refractivity (Wildman–Crippen MR) is 116 cm³/mol. The number of rotatable bonds is 7. The van der Waals surface area contributed by atoms with Crippen molar-refractivity contribution in [3.63, 3.8) is 0 Å². The third kappa shape index (κ3) is 4.45. The molecule has 0 amide bonds. The molecule has 2 nitrogen and oxygen atoms in total. The van der Waals surface area contributed by atoms with Crippen molar-refractivity contribution in [3.8, 4) is 5.75 Å². The molecule has 1 aromatic carbocycles. The molecule has 0 aliphatic rings. The van der Waals surface area contributed by atoms with Gasteiger partial charge in [0, 0.05) is 20.6 Å². The van der Waals surface area contributed by atoms with Crippen LogP contribution in [0.3, 0.4) is 0 Å². The van der Waals surface area contributed by atoms with E-state index in [4.69, 9.17) is 4.74 Å². The Morgan fingerprint density at radius 2 is 1.63 bits per heavy atom. The van der Waals surface area contributed by atoms with Gasteiger partial charge in [-0.2, -0.15) is 0 Å². The molecule has 148 valence electrons. The first kappa shape index (κ1) is 21.7. The normalized spacial score (nSPS) is 12.3. The molecule has 3 heteroatoms. The zero-order chi connectivity index (χ0) is 20.4. The second-order valence-electron chi connectivity index (χ2n) is 8.58. The maximum absolute atomic E-state index is 12.2. The van der Waals surface area contributed by atoms with Crippen molar-refractivity contribution in [2.45, 2.75) is 73.6 Å². The summed E-state index contributed by atoms with van der Waals surface area (Å²) in [6, 6.07) is 8.82. The van der Waals surface area contributed by atoms with E-state index in [2.05, 4.69) is 52.8 Å². The van der Waals surface area contributed by atoms with Crippen molar-refractivity contribution in [3.05, 3.63) is 50.7 Å². The molecule has 0 bridgehead atoms. The van der Waals surface area contributed by atoms with E-state index in [0.717, 1.165) is 24.2 Å². The van der Waals surface area contributed by atoms with E-state index in [9.17, 15) is 4.79 Å². The van der Waals surface area contributed by atoms with Crippen LogP contribution in [-0.2, 0) is 10.2 Å². The molecule has 0 N–H and O–H groups in total. The smallest absolute Gasteiger partial charge is 0.175 e. The lowest BCUT2D eigenvalue weighted by Crippen LogP contribution is -2.27. The number of hydrogen-bond acceptors (Lipinski definition) is 3. The molecule has 0 atom stereocenters. The van der Waals surface area contributed by atoms with Gasteiger partial charge < -0.3 is 4.74 Å². The van der Waals surface area contributed by atoms with Crippen molar-refractivity contribution in [1.29, 1.82) is 0 Å². The molecule has 0 unspecified atom stereocenters. The number of carbonyl (C=O) groups is 1. The van der Waals surface area contributed by atoms with E-state index >= 15 is 0 Å². The van der Waals surface area contributed by atoms with Crippen LogP contribution in [0.5, 0.6) is 5.75 Å². The summed E-state index contributed by atoms with van der Waals surface area (Å²) in [6.45, 7) is 16.9. The highest BCUT2D eigenvalue weighted by Crippen LogP contribution is 2.44. The summed E-state index contributed by atoms with van der Waals surface area (Å²) in [4.78, 5) is 15.0. The zero-order valence-electron chi connectivity index (χ0n) is 18.2. The number of hydrogen-bond donors (Lipinski definition) is 0. The van der Waals surface area contributed by atoms with Crippen LogP contribution in [-0.4, -0.2) is 12.4 Å². The predicted octanol–water partition coefficient (Wildman–Crippen LogP) is 6.77. The van der Waals surface area contributed by atoms with E-state index in [1.807, 2.05) is 38.2 Å². The van der Waals surface area contributed by atoms with Gasteiger partial charge in [0.15, 0.2) is 5.78 Å². The van der Waals surface area contributed by atoms with E-state index in [1.165, 1.54) is 20.9 Å². The summed E-state index contributed by atoms with van der Waals surface area (Å²) in [7, 11) is 0. The van der Waals surface area contributed by atoms with Gasteiger partial charge in [-0.05, 0) is 62.4 Å². The summed E-state index contributed by atoms with van der Waals surface area (Å²) in [6.07, 6.45) is 2.12. The van der Waals surface area contributed by atoms with Crippen LogP contribution in [0.15, 0.2) is 24.3 Å². The third-order valence-corrected chi connectivity index (χ3v) is 7.12. The molecule has 0 saturated carbocycles. The molecule has 0 spiro atoms. The maximum atomic E-state index is 12.2. The molecular weight excluding hydrogens is 352 g/mol. The van der Waals surface area contributed by atoms with Crippen LogP contribution in [0.25, 0.3) is 0 Å². The average Bonchev–Trinajstić information content (AvgIpc) is 2.94. The van der Waals surface area contributed by atoms with E-state index in [1.54, 1.807) is 0 Å². The molecule has 0 radical (unpaired) electrons. The van der Waals surface area contributed by atoms with Crippen LogP contribution in [0.4, 0.5) is 0 Å². The first-order chi connectivity index (χ1) is 12.5. The highest BCUT2D eigenvalue weighted by atomic mass is 32.1. The first-order valence-electron chi connectivity index (χ1n) is 9.90. The van der Waals surface area contributed by atoms with Gasteiger partial charge in [-0.25, -0.2) is 0 Å². The zero-order valence-corrected chi connectivity index (χ0v) is 19.0. The van der Waals surface area contributed by atoms with Crippen molar-refractivity contribution >= 4 is 17.1 Å². The molecule has 1 heterocycles. The van der Waals surface area contributed by atoms with Crippen molar-refractivity contribution in [1.82, 2.24) is 0 Å². The van der Waals surface area contributed by atoms with Crippen LogP contribution < -0.4 is 4.74 Å². The van der Waals surface area contributed by atoms with Gasteiger partial charge in [-0.15, -0.1) is 11.3 Å². The van der Waals surface area contributed by atoms with Gasteiger partial charge in [-0.3, -0.25) is 4.79 Å². The Morgan fingerprint density at radius 1 is 1.00 bits per heavy atom. The molecule has 0 aliphatic carbocycles. The highest BCUT2D eigenvalue weighted by Gasteiger charge is 2.33. The molecule has 0 saturated heterocycles. The van der Waals surface area contributed by atoms with Crippen LogP contribution in [0, 0.1) is 26.2 Å². The van der Waals surface area contributed by atoms with Gasteiger partial charge in [-0.1, -0.05) is 46.8 Å². The molecular formula is C24H34O2S. The fraction of sp³-hybridized carbons (Fsp3) is 0.542. The Kier molecular flexibility index (Phi) is 6.57. The lowest BCUT2D eigenvalue weighted by Gasteiger charge is -2.32. The molecule has 2 rings (SSSR count). The second-order valence-corrected chi connectivity index (χ2v) is 9.84. The summed E-state index contributed by atoms with van der Waals surface area (Å²) in [5.41, 5.74) is 3.46. The number of ketones is 1. The summed E-state index contributed by atoms with van der Waals surface area (Å²) < 4.78 is 5.84. The lowest BCUT2D eigenvalue weighted by atomic mass is 9.74. The number of carbonyl (C=O) groups excluding carboxylic acids is 1. The highest BCUT2D eigenvalue weighted by molar-refractivity contribution is 7.12. The number of benzene rings is 1. The van der Waals surface area contributed by atoms with Crippen LogP contribution in [0.2, 0.25) is 0 Å². The number of thiophene rings is 1. The topological polar surface area (TPSA) is 26.3 Å². The van der Waals surface area contributed by atoms with Crippen LogP contribution >= 0.6 is 11.3 Å². The van der Waals surface area contributed by atoms with Gasteiger partial charge in [0.1, 0.15) is 12.4 Å². The Morgan fingerprint density at radius 3 is 2.07 bits per heavy atom. The Labute approximate surface area is 169 Å². The minimum Gasteiger partial charge on any atom is -0.486 e. The molecule has 0 fully saturated rings. The fourth-order valence-corrected chi connectivity index (χ4v) is 4.81. The van der Waals surface area contributed by atoms with Gasteiger partial charge in [0.05, 0.1) is 0 Å². The summed E-state index contributed by atoms with van der Waals surface area (Å²) in [5, 5.41) is 0. The summed E-state index contributed by atoms with van der Waals surface area (Å²) >= 11 is 1.92. The standard InChI is InChI=1S/C24H34O2S/c1-9-24(10-2,22-14-16(3)18(5)27-22)19-11-12-20(17(4)13-19)26-15-21(25)23(6,7)8/h11-14H,9-10,15H2,1-8H3. The van der Waals surface area contributed by atoms with E-state index in [-0.39, 0.29) is 23.2 Å².